The summed E-state index contributed by atoms with van der Waals surface area (Å²) in [4.78, 5) is 22.4. The lowest BCUT2D eigenvalue weighted by molar-refractivity contribution is -0.117. The molecular weight excluding hydrogens is 326 g/mol. The molecule has 0 saturated carbocycles. The number of hydrogen-bond acceptors (Lipinski definition) is 5. The predicted molar refractivity (Wildman–Crippen MR) is 96.9 cm³/mol. The van der Waals surface area contributed by atoms with Crippen molar-refractivity contribution in [2.45, 2.75) is 51.5 Å². The van der Waals surface area contributed by atoms with Gasteiger partial charge in [0.05, 0.1) is 0 Å². The Morgan fingerprint density at radius 1 is 1.43 bits per heavy atom. The topological polar surface area (TPSA) is 68.9 Å². The molecule has 23 heavy (non-hydrogen) atoms. The maximum Gasteiger partial charge on any atom is 0.218 e. The van der Waals surface area contributed by atoms with Crippen molar-refractivity contribution >= 4 is 39.2 Å². The van der Waals surface area contributed by atoms with E-state index in [4.69, 9.17) is 5.73 Å². The highest BCUT2D eigenvalue weighted by atomic mass is 32.2. The van der Waals surface area contributed by atoms with Gasteiger partial charge in [-0.05, 0) is 36.2 Å². The summed E-state index contributed by atoms with van der Waals surface area (Å²) in [5.74, 6) is 1.14. The molecule has 3 rings (SSSR count). The van der Waals surface area contributed by atoms with Crippen molar-refractivity contribution in [2.24, 2.45) is 17.1 Å². The number of nitrogens with zero attached hydrogens (tertiary/aromatic N) is 2. The standard InChI is InChI=1S/C17H23N3OS2/c1-17(2,3)10-4-5-11-12(8-10)23-16-14(11)15(19-9-20-16)22-7-6-13(18)21/h9-10H,4-8H2,1-3H3,(H2,18,21). The fourth-order valence-electron chi connectivity index (χ4n) is 3.18. The summed E-state index contributed by atoms with van der Waals surface area (Å²) in [6.45, 7) is 7.00. The molecule has 0 fully saturated rings. The number of thiophene rings is 1. The lowest BCUT2D eigenvalue weighted by atomic mass is 9.72. The Labute approximate surface area is 145 Å². The average molecular weight is 350 g/mol. The van der Waals surface area contributed by atoms with Gasteiger partial charge in [0.1, 0.15) is 16.2 Å². The zero-order chi connectivity index (χ0) is 16.6. The van der Waals surface area contributed by atoms with Crippen molar-refractivity contribution in [3.63, 3.8) is 0 Å². The third-order valence-electron chi connectivity index (χ3n) is 4.62. The molecule has 0 spiro atoms. The molecule has 0 aliphatic heterocycles. The van der Waals surface area contributed by atoms with E-state index < -0.39 is 0 Å². The summed E-state index contributed by atoms with van der Waals surface area (Å²) in [6, 6.07) is 0. The highest BCUT2D eigenvalue weighted by Gasteiger charge is 2.31. The Bertz CT molecular complexity index is 733. The summed E-state index contributed by atoms with van der Waals surface area (Å²) in [6.07, 6.45) is 5.49. The van der Waals surface area contributed by atoms with Crippen molar-refractivity contribution in [3.05, 3.63) is 16.8 Å². The summed E-state index contributed by atoms with van der Waals surface area (Å²) in [5, 5.41) is 2.22. The molecular formula is C17H23N3OS2. The van der Waals surface area contributed by atoms with Gasteiger partial charge in [0.25, 0.3) is 0 Å². The van der Waals surface area contributed by atoms with Crippen LogP contribution < -0.4 is 5.73 Å². The van der Waals surface area contributed by atoms with Crippen LogP contribution in [0.3, 0.4) is 0 Å². The van der Waals surface area contributed by atoms with Crippen LogP contribution in [-0.2, 0) is 17.6 Å². The first-order valence-electron chi connectivity index (χ1n) is 8.02. The third-order valence-corrected chi connectivity index (χ3v) is 6.78. The highest BCUT2D eigenvalue weighted by Crippen LogP contribution is 2.44. The minimum Gasteiger partial charge on any atom is -0.370 e. The van der Waals surface area contributed by atoms with E-state index in [-0.39, 0.29) is 5.91 Å². The fourth-order valence-corrected chi connectivity index (χ4v) is 5.49. The molecule has 2 N–H and O–H groups in total. The molecule has 2 aromatic heterocycles. The second kappa shape index (κ2) is 6.40. The SMILES string of the molecule is CC(C)(C)C1CCc2c(sc3ncnc(SCCC(N)=O)c23)C1. The van der Waals surface area contributed by atoms with Crippen LogP contribution in [0.15, 0.2) is 11.4 Å². The minimum atomic E-state index is -0.261. The van der Waals surface area contributed by atoms with E-state index in [2.05, 4.69) is 30.7 Å². The number of hydrogen-bond donors (Lipinski definition) is 1. The summed E-state index contributed by atoms with van der Waals surface area (Å²) >= 11 is 3.43. The van der Waals surface area contributed by atoms with Crippen LogP contribution in [0, 0.1) is 11.3 Å². The number of aromatic nitrogens is 2. The van der Waals surface area contributed by atoms with Gasteiger partial charge in [-0.1, -0.05) is 20.8 Å². The number of rotatable bonds is 4. The number of primary amides is 1. The number of nitrogens with two attached hydrogens (primary N) is 1. The zero-order valence-electron chi connectivity index (χ0n) is 13.9. The Morgan fingerprint density at radius 3 is 2.91 bits per heavy atom. The maximum atomic E-state index is 10.9. The molecule has 0 bridgehead atoms. The second-order valence-corrected chi connectivity index (χ2v) is 9.40. The monoisotopic (exact) mass is 349 g/mol. The van der Waals surface area contributed by atoms with Crippen LogP contribution in [0.1, 0.15) is 44.1 Å². The van der Waals surface area contributed by atoms with Crippen molar-refractivity contribution in [1.29, 1.82) is 0 Å². The van der Waals surface area contributed by atoms with Crippen molar-refractivity contribution in [2.75, 3.05) is 5.75 Å². The van der Waals surface area contributed by atoms with Gasteiger partial charge in [0, 0.05) is 22.4 Å². The van der Waals surface area contributed by atoms with Gasteiger partial charge in [0.15, 0.2) is 0 Å². The summed E-state index contributed by atoms with van der Waals surface area (Å²) < 4.78 is 0. The molecule has 2 aromatic rings. The minimum absolute atomic E-state index is 0.261. The van der Waals surface area contributed by atoms with E-state index in [9.17, 15) is 4.79 Å². The molecule has 0 saturated heterocycles. The van der Waals surface area contributed by atoms with E-state index in [1.165, 1.54) is 22.2 Å². The van der Waals surface area contributed by atoms with Gasteiger partial charge in [-0.2, -0.15) is 0 Å². The average Bonchev–Trinajstić information content (AvgIpc) is 2.84. The summed E-state index contributed by atoms with van der Waals surface area (Å²) in [7, 11) is 0. The number of carbonyl (C=O) groups is 1. The normalized spacial score (nSPS) is 18.1. The van der Waals surface area contributed by atoms with E-state index >= 15 is 0 Å². The van der Waals surface area contributed by atoms with Crippen LogP contribution in [0.25, 0.3) is 10.2 Å². The van der Waals surface area contributed by atoms with Crippen molar-refractivity contribution in [1.82, 2.24) is 9.97 Å². The first kappa shape index (κ1) is 16.7. The van der Waals surface area contributed by atoms with Crippen LogP contribution in [0.5, 0.6) is 0 Å². The largest absolute Gasteiger partial charge is 0.370 e. The van der Waals surface area contributed by atoms with Crippen LogP contribution >= 0.6 is 23.1 Å². The smallest absolute Gasteiger partial charge is 0.218 e. The quantitative estimate of drug-likeness (QED) is 0.673. The number of amides is 1. The Balaban J connectivity index is 1.91. The summed E-state index contributed by atoms with van der Waals surface area (Å²) in [5.41, 5.74) is 7.02. The van der Waals surface area contributed by atoms with Crippen LogP contribution in [0.4, 0.5) is 0 Å². The number of aryl methyl sites for hydroxylation is 1. The molecule has 0 aromatic carbocycles. The lowest BCUT2D eigenvalue weighted by Crippen LogP contribution is -2.26. The number of carbonyl (C=O) groups excluding carboxylic acids is 1. The number of fused-ring (bicyclic) bond motifs is 3. The molecule has 4 nitrogen and oxygen atoms in total. The van der Waals surface area contributed by atoms with Gasteiger partial charge in [-0.3, -0.25) is 4.79 Å². The lowest BCUT2D eigenvalue weighted by Gasteiger charge is -2.33. The second-order valence-electron chi connectivity index (χ2n) is 7.23. The van der Waals surface area contributed by atoms with Gasteiger partial charge < -0.3 is 5.73 Å². The first-order chi connectivity index (χ1) is 10.9. The van der Waals surface area contributed by atoms with Gasteiger partial charge >= 0.3 is 0 Å². The molecule has 124 valence electrons. The third kappa shape index (κ3) is 3.53. The first-order valence-corrected chi connectivity index (χ1v) is 9.83. The molecule has 6 heteroatoms. The van der Waals surface area contributed by atoms with E-state index in [1.54, 1.807) is 18.1 Å². The molecule has 1 amide bonds. The van der Waals surface area contributed by atoms with E-state index in [0.717, 1.165) is 28.6 Å². The van der Waals surface area contributed by atoms with E-state index in [0.29, 0.717) is 17.6 Å². The van der Waals surface area contributed by atoms with Crippen LogP contribution in [-0.4, -0.2) is 21.6 Å². The fraction of sp³-hybridized carbons (Fsp3) is 0.588. The molecule has 0 radical (unpaired) electrons. The Morgan fingerprint density at radius 2 is 2.22 bits per heavy atom. The van der Waals surface area contributed by atoms with Gasteiger partial charge in [-0.25, -0.2) is 9.97 Å². The van der Waals surface area contributed by atoms with Crippen LogP contribution in [0.2, 0.25) is 0 Å². The Kier molecular flexibility index (Phi) is 4.65. The van der Waals surface area contributed by atoms with Gasteiger partial charge in [-0.15, -0.1) is 23.1 Å². The molecule has 1 unspecified atom stereocenters. The number of thioether (sulfide) groups is 1. The Hall–Kier alpha value is -1.14. The maximum absolute atomic E-state index is 10.9. The predicted octanol–water partition coefficient (Wildman–Crippen LogP) is 3.81. The van der Waals surface area contributed by atoms with Crippen molar-refractivity contribution in [3.8, 4) is 0 Å². The molecule has 1 aliphatic carbocycles. The molecule has 1 aliphatic rings. The molecule has 2 heterocycles. The van der Waals surface area contributed by atoms with Gasteiger partial charge in [0.2, 0.25) is 5.91 Å². The highest BCUT2D eigenvalue weighted by molar-refractivity contribution is 7.99. The zero-order valence-corrected chi connectivity index (χ0v) is 15.5. The molecule has 1 atom stereocenters. The van der Waals surface area contributed by atoms with Crippen molar-refractivity contribution < 1.29 is 4.79 Å². The van der Waals surface area contributed by atoms with E-state index in [1.807, 2.05) is 11.3 Å².